The van der Waals surface area contributed by atoms with Gasteiger partial charge in [0.05, 0.1) is 0 Å². The number of rotatable bonds is 0. The Morgan fingerprint density at radius 1 is 1.12 bits per heavy atom. The van der Waals surface area contributed by atoms with Gasteiger partial charge in [-0.15, -0.1) is 0 Å². The Bertz CT molecular complexity index is 723. The van der Waals surface area contributed by atoms with Crippen molar-refractivity contribution in [1.82, 2.24) is 0 Å². The number of Topliss-reactive ketones (excluding diaryl/α,β-unsaturated/α-hetero) is 1. The van der Waals surface area contributed by atoms with E-state index in [2.05, 4.69) is 0 Å². The second-order valence-corrected chi connectivity index (χ2v) is 8.00. The number of ether oxygens (including phenoxy) is 1. The average molecular weight is 332 g/mol. The van der Waals surface area contributed by atoms with Gasteiger partial charge in [-0.1, -0.05) is 11.6 Å². The van der Waals surface area contributed by atoms with Crippen LogP contribution in [0.2, 0.25) is 0 Å². The van der Waals surface area contributed by atoms with E-state index in [0.29, 0.717) is 24.8 Å². The Kier molecular flexibility index (Phi) is 3.04. The highest BCUT2D eigenvalue weighted by molar-refractivity contribution is 6.02. The Labute approximate surface area is 140 Å². The molecule has 0 spiro atoms. The molecule has 4 aliphatic rings. The van der Waals surface area contributed by atoms with Gasteiger partial charge in [0.2, 0.25) is 0 Å². The van der Waals surface area contributed by atoms with Crippen molar-refractivity contribution in [2.75, 3.05) is 0 Å². The van der Waals surface area contributed by atoms with Gasteiger partial charge >= 0.3 is 5.97 Å². The minimum atomic E-state index is -2.04. The van der Waals surface area contributed by atoms with E-state index in [9.17, 15) is 14.4 Å². The molecule has 1 saturated heterocycles. The maximum atomic E-state index is 16.4. The zero-order valence-corrected chi connectivity index (χ0v) is 13.9. The molecule has 0 aromatic carbocycles. The lowest BCUT2D eigenvalue weighted by atomic mass is 9.47. The highest BCUT2D eigenvalue weighted by Gasteiger charge is 2.70. The first-order chi connectivity index (χ1) is 11.2. The van der Waals surface area contributed by atoms with Crippen molar-refractivity contribution >= 4 is 17.5 Å². The molecular formula is C19H21FO4. The number of carbonyl (C=O) groups excluding carboxylic acids is 3. The molecule has 5 atom stereocenters. The van der Waals surface area contributed by atoms with Crippen LogP contribution in [0, 0.1) is 17.3 Å². The second kappa shape index (κ2) is 4.64. The van der Waals surface area contributed by atoms with E-state index in [0.717, 1.165) is 0 Å². The lowest BCUT2D eigenvalue weighted by Crippen LogP contribution is -2.68. The van der Waals surface area contributed by atoms with Crippen LogP contribution in [0.25, 0.3) is 0 Å². The van der Waals surface area contributed by atoms with E-state index in [1.165, 1.54) is 12.2 Å². The van der Waals surface area contributed by atoms with Crippen LogP contribution in [0.4, 0.5) is 4.39 Å². The summed E-state index contributed by atoms with van der Waals surface area (Å²) in [6.07, 6.45) is 6.26. The first kappa shape index (κ1) is 15.7. The third kappa shape index (κ3) is 1.76. The van der Waals surface area contributed by atoms with Crippen molar-refractivity contribution in [3.63, 3.8) is 0 Å². The zero-order chi connectivity index (χ0) is 17.3. The molecule has 3 aliphatic carbocycles. The summed E-state index contributed by atoms with van der Waals surface area (Å²) in [6.45, 7) is 3.49. The van der Waals surface area contributed by atoms with E-state index in [-0.39, 0.29) is 30.5 Å². The van der Waals surface area contributed by atoms with Crippen LogP contribution in [0.5, 0.6) is 0 Å². The quantitative estimate of drug-likeness (QED) is 0.640. The van der Waals surface area contributed by atoms with Crippen molar-refractivity contribution in [3.05, 3.63) is 23.8 Å². The molecule has 0 radical (unpaired) electrons. The summed E-state index contributed by atoms with van der Waals surface area (Å²) < 4.78 is 21.9. The van der Waals surface area contributed by atoms with E-state index in [4.69, 9.17) is 4.74 Å². The molecule has 5 heteroatoms. The van der Waals surface area contributed by atoms with Crippen LogP contribution >= 0.6 is 0 Å². The van der Waals surface area contributed by atoms with Crippen molar-refractivity contribution in [2.45, 2.75) is 57.2 Å². The standard InChI is InChI=1S/C19H21FO4/c1-17-8-7-12(21)9-11(17)3-4-14-13-5-6-16(23)24-18(13,2)10-15(22)19(14,17)20/h7-9,13-14H,3-6,10H2,1-2H3. The number of carbonyl (C=O) groups is 3. The predicted molar refractivity (Wildman–Crippen MR) is 83.7 cm³/mol. The highest BCUT2D eigenvalue weighted by atomic mass is 19.1. The topological polar surface area (TPSA) is 60.4 Å². The van der Waals surface area contributed by atoms with Crippen molar-refractivity contribution in [3.8, 4) is 0 Å². The van der Waals surface area contributed by atoms with Gasteiger partial charge in [-0.2, -0.15) is 0 Å². The number of hydrogen-bond acceptors (Lipinski definition) is 4. The van der Waals surface area contributed by atoms with Gasteiger partial charge in [0, 0.05) is 30.1 Å². The normalized spacial score (nSPS) is 47.3. The highest BCUT2D eigenvalue weighted by Crippen LogP contribution is 2.63. The zero-order valence-electron chi connectivity index (χ0n) is 13.9. The fourth-order valence-corrected chi connectivity index (χ4v) is 5.49. The Morgan fingerprint density at radius 2 is 1.83 bits per heavy atom. The Hall–Kier alpha value is -1.78. The average Bonchev–Trinajstić information content (AvgIpc) is 2.49. The molecular weight excluding hydrogens is 311 g/mol. The van der Waals surface area contributed by atoms with Crippen LogP contribution in [-0.4, -0.2) is 28.8 Å². The molecule has 5 unspecified atom stereocenters. The SMILES string of the molecule is CC12CC(=O)C3(F)C(CCC4=CC(=O)C=CC43C)C1CCC(=O)O2. The summed E-state index contributed by atoms with van der Waals surface area (Å²) in [5.74, 6) is -1.62. The van der Waals surface area contributed by atoms with Crippen LogP contribution in [-0.2, 0) is 19.1 Å². The molecule has 24 heavy (non-hydrogen) atoms. The third-order valence-corrected chi connectivity index (χ3v) is 6.75. The molecule has 0 aromatic heterocycles. The molecule has 1 heterocycles. The summed E-state index contributed by atoms with van der Waals surface area (Å²) in [5.41, 5.74) is -3.32. The fourth-order valence-electron chi connectivity index (χ4n) is 5.49. The number of fused-ring (bicyclic) bond motifs is 5. The summed E-state index contributed by atoms with van der Waals surface area (Å²) >= 11 is 0. The molecule has 2 saturated carbocycles. The molecule has 4 nitrogen and oxygen atoms in total. The number of ketones is 2. The van der Waals surface area contributed by atoms with Crippen LogP contribution in [0.3, 0.4) is 0 Å². The van der Waals surface area contributed by atoms with Crippen molar-refractivity contribution in [1.29, 1.82) is 0 Å². The number of hydrogen-bond donors (Lipinski definition) is 0. The summed E-state index contributed by atoms with van der Waals surface area (Å²) in [4.78, 5) is 36.4. The van der Waals surface area contributed by atoms with Crippen LogP contribution in [0.1, 0.15) is 46.0 Å². The molecule has 128 valence electrons. The molecule has 0 aromatic rings. The van der Waals surface area contributed by atoms with E-state index in [1.807, 2.05) is 0 Å². The first-order valence-corrected chi connectivity index (χ1v) is 8.59. The maximum Gasteiger partial charge on any atom is 0.306 e. The lowest BCUT2D eigenvalue weighted by Gasteiger charge is -2.59. The van der Waals surface area contributed by atoms with Crippen molar-refractivity contribution in [2.24, 2.45) is 17.3 Å². The Morgan fingerprint density at radius 3 is 2.58 bits per heavy atom. The number of alkyl halides is 1. The summed E-state index contributed by atoms with van der Waals surface area (Å²) in [6, 6.07) is 0. The van der Waals surface area contributed by atoms with Gasteiger partial charge in [0.1, 0.15) is 5.60 Å². The summed E-state index contributed by atoms with van der Waals surface area (Å²) in [7, 11) is 0. The van der Waals surface area contributed by atoms with Gasteiger partial charge in [0.25, 0.3) is 0 Å². The van der Waals surface area contributed by atoms with Gasteiger partial charge in [-0.25, -0.2) is 4.39 Å². The van der Waals surface area contributed by atoms with Crippen molar-refractivity contribution < 1.29 is 23.5 Å². The molecule has 3 fully saturated rings. The fraction of sp³-hybridized carbons (Fsp3) is 0.632. The third-order valence-electron chi connectivity index (χ3n) is 6.75. The number of halogens is 1. The molecule has 0 bridgehead atoms. The van der Waals surface area contributed by atoms with Gasteiger partial charge in [-0.3, -0.25) is 14.4 Å². The van der Waals surface area contributed by atoms with Crippen LogP contribution < -0.4 is 0 Å². The maximum absolute atomic E-state index is 16.4. The van der Waals surface area contributed by atoms with E-state index >= 15 is 4.39 Å². The van der Waals surface area contributed by atoms with E-state index < -0.39 is 28.4 Å². The minimum Gasteiger partial charge on any atom is -0.459 e. The molecule has 0 amide bonds. The molecule has 0 N–H and O–H groups in total. The molecule has 1 aliphatic heterocycles. The number of esters is 1. The predicted octanol–water partition coefficient (Wildman–Crippen LogP) is 2.86. The van der Waals surface area contributed by atoms with E-state index in [1.54, 1.807) is 19.9 Å². The smallest absolute Gasteiger partial charge is 0.306 e. The lowest BCUT2D eigenvalue weighted by molar-refractivity contribution is -0.207. The number of allylic oxidation sites excluding steroid dienone is 4. The monoisotopic (exact) mass is 332 g/mol. The van der Waals surface area contributed by atoms with Gasteiger partial charge < -0.3 is 4.74 Å². The summed E-state index contributed by atoms with van der Waals surface area (Å²) in [5, 5.41) is 0. The van der Waals surface area contributed by atoms with Gasteiger partial charge in [-0.05, 0) is 45.3 Å². The first-order valence-electron chi connectivity index (χ1n) is 8.59. The van der Waals surface area contributed by atoms with Gasteiger partial charge in [0.15, 0.2) is 17.2 Å². The van der Waals surface area contributed by atoms with Crippen LogP contribution in [0.15, 0.2) is 23.8 Å². The minimum absolute atomic E-state index is 0.0962. The second-order valence-electron chi connectivity index (χ2n) is 8.00. The Balaban J connectivity index is 1.82. The molecule has 4 rings (SSSR count). The largest absolute Gasteiger partial charge is 0.459 e.